The van der Waals surface area contributed by atoms with Crippen molar-refractivity contribution in [3.05, 3.63) is 11.4 Å². The standard InChI is InChI=1S/C12H19N3O4/c1-19-7-9-10(11(16)17)13-14-15(9)8-12(18)5-3-2-4-6-12/h18H,2-8H2,1H3,(H,16,17). The fraction of sp³-hybridized carbons (Fsp3) is 0.750. The monoisotopic (exact) mass is 269 g/mol. The van der Waals surface area contributed by atoms with Crippen molar-refractivity contribution < 1.29 is 19.7 Å². The molecule has 7 nitrogen and oxygen atoms in total. The van der Waals surface area contributed by atoms with Gasteiger partial charge < -0.3 is 14.9 Å². The van der Waals surface area contributed by atoms with E-state index in [2.05, 4.69) is 10.3 Å². The van der Waals surface area contributed by atoms with E-state index in [1.165, 1.54) is 11.8 Å². The Bertz CT molecular complexity index is 452. The van der Waals surface area contributed by atoms with E-state index in [-0.39, 0.29) is 18.8 Å². The van der Waals surface area contributed by atoms with Gasteiger partial charge in [-0.25, -0.2) is 9.48 Å². The lowest BCUT2D eigenvalue weighted by molar-refractivity contribution is -0.0163. The van der Waals surface area contributed by atoms with Crippen LogP contribution in [-0.2, 0) is 17.9 Å². The van der Waals surface area contributed by atoms with Crippen LogP contribution in [-0.4, -0.2) is 43.9 Å². The van der Waals surface area contributed by atoms with Crippen molar-refractivity contribution in [2.24, 2.45) is 0 Å². The minimum Gasteiger partial charge on any atom is -0.476 e. The number of hydrogen-bond donors (Lipinski definition) is 2. The van der Waals surface area contributed by atoms with Gasteiger partial charge in [0.2, 0.25) is 0 Å². The topological polar surface area (TPSA) is 97.5 Å². The number of methoxy groups -OCH3 is 1. The summed E-state index contributed by atoms with van der Waals surface area (Å²) in [6.45, 7) is 0.386. The normalized spacial score (nSPS) is 18.4. The van der Waals surface area contributed by atoms with E-state index in [1.54, 1.807) is 0 Å². The van der Waals surface area contributed by atoms with Crippen LogP contribution in [0.2, 0.25) is 0 Å². The molecule has 1 aliphatic rings. The summed E-state index contributed by atoms with van der Waals surface area (Å²) in [5.74, 6) is -1.13. The molecule has 1 aromatic rings. The first-order valence-electron chi connectivity index (χ1n) is 6.43. The van der Waals surface area contributed by atoms with E-state index in [4.69, 9.17) is 9.84 Å². The molecular weight excluding hydrogens is 250 g/mol. The van der Waals surface area contributed by atoms with Crippen molar-refractivity contribution in [2.75, 3.05) is 7.11 Å². The summed E-state index contributed by atoms with van der Waals surface area (Å²) in [7, 11) is 1.48. The van der Waals surface area contributed by atoms with Crippen LogP contribution in [0.1, 0.15) is 48.3 Å². The highest BCUT2D eigenvalue weighted by atomic mass is 16.5. The first-order valence-corrected chi connectivity index (χ1v) is 6.43. The van der Waals surface area contributed by atoms with Crippen LogP contribution in [0.25, 0.3) is 0 Å². The second-order valence-electron chi connectivity index (χ2n) is 5.07. The fourth-order valence-corrected chi connectivity index (χ4v) is 2.55. The van der Waals surface area contributed by atoms with Crippen LogP contribution in [0.4, 0.5) is 0 Å². The van der Waals surface area contributed by atoms with Crippen molar-refractivity contribution >= 4 is 5.97 Å². The summed E-state index contributed by atoms with van der Waals surface area (Å²) in [6, 6.07) is 0. The average molecular weight is 269 g/mol. The molecule has 1 heterocycles. The Kier molecular flexibility index (Phi) is 4.16. The average Bonchev–Trinajstić information content (AvgIpc) is 2.73. The van der Waals surface area contributed by atoms with Crippen LogP contribution in [0, 0.1) is 0 Å². The Hall–Kier alpha value is -1.47. The Labute approximate surface area is 111 Å². The van der Waals surface area contributed by atoms with Gasteiger partial charge in [0, 0.05) is 7.11 Å². The van der Waals surface area contributed by atoms with Gasteiger partial charge in [0.25, 0.3) is 0 Å². The summed E-state index contributed by atoms with van der Waals surface area (Å²) >= 11 is 0. The summed E-state index contributed by atoms with van der Waals surface area (Å²) < 4.78 is 6.45. The number of carboxylic acid groups (broad SMARTS) is 1. The molecule has 0 unspecified atom stereocenters. The van der Waals surface area contributed by atoms with Gasteiger partial charge in [0.05, 0.1) is 24.4 Å². The molecule has 0 aromatic carbocycles. The van der Waals surface area contributed by atoms with E-state index in [0.29, 0.717) is 18.5 Å². The first kappa shape index (κ1) is 14.0. The maximum absolute atomic E-state index is 11.0. The minimum atomic E-state index is -1.13. The Balaban J connectivity index is 2.21. The van der Waals surface area contributed by atoms with E-state index < -0.39 is 11.6 Å². The third-order valence-electron chi connectivity index (χ3n) is 3.55. The van der Waals surface area contributed by atoms with E-state index in [9.17, 15) is 9.90 Å². The highest BCUT2D eigenvalue weighted by molar-refractivity contribution is 5.86. The Morgan fingerprint density at radius 1 is 1.42 bits per heavy atom. The number of hydrogen-bond acceptors (Lipinski definition) is 5. The molecule has 1 fully saturated rings. The number of aliphatic hydroxyl groups is 1. The van der Waals surface area contributed by atoms with Crippen LogP contribution in [0.3, 0.4) is 0 Å². The molecule has 0 aliphatic heterocycles. The molecule has 0 saturated heterocycles. The number of aromatic carboxylic acids is 1. The Morgan fingerprint density at radius 2 is 2.11 bits per heavy atom. The SMILES string of the molecule is COCc1c(C(=O)O)nnn1CC1(O)CCCCC1. The van der Waals surface area contributed by atoms with Crippen LogP contribution >= 0.6 is 0 Å². The van der Waals surface area contributed by atoms with Crippen LogP contribution < -0.4 is 0 Å². The molecule has 0 amide bonds. The molecule has 0 radical (unpaired) electrons. The molecule has 1 aromatic heterocycles. The maximum atomic E-state index is 11.0. The van der Waals surface area contributed by atoms with Crippen molar-refractivity contribution in [3.63, 3.8) is 0 Å². The van der Waals surface area contributed by atoms with Crippen molar-refractivity contribution in [1.82, 2.24) is 15.0 Å². The Morgan fingerprint density at radius 3 is 2.68 bits per heavy atom. The third kappa shape index (κ3) is 3.10. The first-order chi connectivity index (χ1) is 9.06. The van der Waals surface area contributed by atoms with E-state index in [1.807, 2.05) is 0 Å². The molecule has 106 valence electrons. The zero-order valence-electron chi connectivity index (χ0n) is 11.0. The second-order valence-corrected chi connectivity index (χ2v) is 5.07. The third-order valence-corrected chi connectivity index (χ3v) is 3.55. The minimum absolute atomic E-state index is 0.110. The molecule has 0 spiro atoms. The summed E-state index contributed by atoms with van der Waals surface area (Å²) in [4.78, 5) is 11.0. The van der Waals surface area contributed by atoms with Gasteiger partial charge in [-0.3, -0.25) is 0 Å². The summed E-state index contributed by atoms with van der Waals surface area (Å²) in [5.41, 5.74) is -0.528. The predicted molar refractivity (Wildman–Crippen MR) is 65.7 cm³/mol. The molecule has 19 heavy (non-hydrogen) atoms. The van der Waals surface area contributed by atoms with Gasteiger partial charge in [-0.2, -0.15) is 0 Å². The number of aromatic nitrogens is 3. The molecule has 2 N–H and O–H groups in total. The molecule has 1 aliphatic carbocycles. The van der Waals surface area contributed by atoms with Gasteiger partial charge in [0.1, 0.15) is 0 Å². The van der Waals surface area contributed by atoms with Gasteiger partial charge in [-0.15, -0.1) is 5.10 Å². The molecule has 0 atom stereocenters. The predicted octanol–water partition coefficient (Wildman–Crippen LogP) is 0.818. The number of ether oxygens (including phenoxy) is 1. The van der Waals surface area contributed by atoms with Crippen molar-refractivity contribution in [3.8, 4) is 0 Å². The number of nitrogens with zero attached hydrogens (tertiary/aromatic N) is 3. The lowest BCUT2D eigenvalue weighted by atomic mass is 9.85. The zero-order valence-corrected chi connectivity index (χ0v) is 11.0. The fourth-order valence-electron chi connectivity index (χ4n) is 2.55. The van der Waals surface area contributed by atoms with Gasteiger partial charge in [0.15, 0.2) is 5.69 Å². The van der Waals surface area contributed by atoms with Crippen molar-refractivity contribution in [2.45, 2.75) is 50.9 Å². The summed E-state index contributed by atoms with van der Waals surface area (Å²) in [5, 5.41) is 27.0. The molecule has 1 saturated carbocycles. The van der Waals surface area contributed by atoms with E-state index in [0.717, 1.165) is 19.3 Å². The van der Waals surface area contributed by atoms with Gasteiger partial charge in [-0.1, -0.05) is 24.5 Å². The van der Waals surface area contributed by atoms with E-state index >= 15 is 0 Å². The quantitative estimate of drug-likeness (QED) is 0.821. The van der Waals surface area contributed by atoms with Gasteiger partial charge in [-0.05, 0) is 12.8 Å². The summed E-state index contributed by atoms with van der Waals surface area (Å²) in [6.07, 6.45) is 4.52. The lowest BCUT2D eigenvalue weighted by Gasteiger charge is -2.32. The van der Waals surface area contributed by atoms with Gasteiger partial charge >= 0.3 is 5.97 Å². The smallest absolute Gasteiger partial charge is 0.358 e. The number of carboxylic acids is 1. The largest absolute Gasteiger partial charge is 0.476 e. The second kappa shape index (κ2) is 5.66. The van der Waals surface area contributed by atoms with Crippen molar-refractivity contribution in [1.29, 1.82) is 0 Å². The molecule has 7 heteroatoms. The maximum Gasteiger partial charge on any atom is 0.358 e. The number of carbonyl (C=O) groups is 1. The zero-order chi connectivity index (χ0) is 13.9. The number of rotatable bonds is 5. The molecule has 2 rings (SSSR count). The highest BCUT2D eigenvalue weighted by Gasteiger charge is 2.32. The van der Waals surface area contributed by atoms with Crippen LogP contribution in [0.15, 0.2) is 0 Å². The molecule has 0 bridgehead atoms. The van der Waals surface area contributed by atoms with Crippen LogP contribution in [0.5, 0.6) is 0 Å². The molecular formula is C12H19N3O4. The lowest BCUT2D eigenvalue weighted by Crippen LogP contribution is -2.37. The highest BCUT2D eigenvalue weighted by Crippen LogP contribution is 2.29.